The molecule has 2 heterocycles. The summed E-state index contributed by atoms with van der Waals surface area (Å²) in [4.78, 5) is 0. The second-order valence-electron chi connectivity index (χ2n) is 4.35. The molecule has 3 rings (SSSR count). The van der Waals surface area contributed by atoms with Gasteiger partial charge < -0.3 is 9.84 Å². The summed E-state index contributed by atoms with van der Waals surface area (Å²) in [5.74, 6) is 0.554. The molecule has 1 atom stereocenters. The molecule has 1 unspecified atom stereocenters. The van der Waals surface area contributed by atoms with Crippen molar-refractivity contribution in [1.82, 2.24) is 10.5 Å². The average molecular weight is 234 g/mol. The third-order valence-electron chi connectivity index (χ3n) is 3.25. The topological polar surface area (TPSA) is 38.1 Å². The van der Waals surface area contributed by atoms with E-state index in [0.717, 1.165) is 42.5 Å². The largest absolute Gasteiger partial charge is 0.356 e. The van der Waals surface area contributed by atoms with Gasteiger partial charge in [0.25, 0.3) is 0 Å². The maximum Gasteiger partial charge on any atom is 0.167 e. The molecule has 84 valence electrons. The molecule has 1 fully saturated rings. The zero-order chi connectivity index (χ0) is 11.0. The second-order valence-corrected chi connectivity index (χ2v) is 5.01. The predicted octanol–water partition coefficient (Wildman–Crippen LogP) is 1.80. The van der Waals surface area contributed by atoms with E-state index in [-0.39, 0.29) is 0 Å². The van der Waals surface area contributed by atoms with Crippen LogP contribution in [-0.2, 0) is 0 Å². The highest BCUT2D eigenvalue weighted by atomic mass is 31.0. The second kappa shape index (κ2) is 4.15. The van der Waals surface area contributed by atoms with Crippen molar-refractivity contribution in [2.75, 3.05) is 13.1 Å². The van der Waals surface area contributed by atoms with Crippen LogP contribution in [0.1, 0.15) is 24.5 Å². The summed E-state index contributed by atoms with van der Waals surface area (Å²) in [5, 5.41) is 9.94. The molecule has 0 saturated carbocycles. The fourth-order valence-corrected chi connectivity index (χ4v) is 2.61. The van der Waals surface area contributed by atoms with E-state index in [9.17, 15) is 0 Å². The van der Waals surface area contributed by atoms with E-state index in [4.69, 9.17) is 4.52 Å². The molecule has 0 spiro atoms. The van der Waals surface area contributed by atoms with Crippen LogP contribution in [0.25, 0.3) is 11.0 Å². The number of hydrogen-bond donors (Lipinski definition) is 1. The van der Waals surface area contributed by atoms with Gasteiger partial charge in [-0.3, -0.25) is 0 Å². The van der Waals surface area contributed by atoms with Crippen LogP contribution in [-0.4, -0.2) is 18.2 Å². The third-order valence-corrected chi connectivity index (χ3v) is 3.61. The molecule has 0 amide bonds. The van der Waals surface area contributed by atoms with Crippen LogP contribution >= 0.6 is 9.24 Å². The average Bonchev–Trinajstić information content (AvgIpc) is 2.73. The molecule has 0 radical (unpaired) electrons. The Hall–Kier alpha value is -0.920. The summed E-state index contributed by atoms with van der Waals surface area (Å²) in [6.45, 7) is 2.17. The van der Waals surface area contributed by atoms with Gasteiger partial charge in [-0.1, -0.05) is 11.2 Å². The summed E-state index contributed by atoms with van der Waals surface area (Å²) in [7, 11) is 2.68. The highest BCUT2D eigenvalue weighted by Gasteiger charge is 2.21. The Kier molecular flexibility index (Phi) is 2.66. The Morgan fingerprint density at radius 2 is 2.12 bits per heavy atom. The first-order valence-corrected chi connectivity index (χ1v) is 6.28. The van der Waals surface area contributed by atoms with Crippen LogP contribution < -0.4 is 10.6 Å². The van der Waals surface area contributed by atoms with E-state index in [1.807, 2.05) is 6.07 Å². The molecule has 16 heavy (non-hydrogen) atoms. The molecule has 2 aromatic rings. The molecule has 1 aromatic heterocycles. The number of nitrogens with one attached hydrogen (secondary N) is 1. The van der Waals surface area contributed by atoms with Gasteiger partial charge in [-0.2, -0.15) is 0 Å². The zero-order valence-corrected chi connectivity index (χ0v) is 10.2. The number of rotatable bonds is 1. The van der Waals surface area contributed by atoms with Gasteiger partial charge in [-0.15, -0.1) is 9.24 Å². The molecular formula is C12H15N2OP. The highest BCUT2D eigenvalue weighted by Crippen LogP contribution is 2.30. The minimum absolute atomic E-state index is 0.554. The van der Waals surface area contributed by atoms with Crippen molar-refractivity contribution < 1.29 is 4.52 Å². The molecule has 1 aliphatic rings. The standard InChI is InChI=1S/C12H15N2OP/c16-9-1-2-10-11(7-9)15-14-12(10)8-3-5-13-6-4-8/h1-2,7-8,13H,3-6,16H2. The monoisotopic (exact) mass is 234 g/mol. The fourth-order valence-electron chi connectivity index (χ4n) is 2.36. The van der Waals surface area contributed by atoms with Crippen LogP contribution in [0.4, 0.5) is 0 Å². The quantitative estimate of drug-likeness (QED) is 0.764. The maximum atomic E-state index is 5.40. The Bertz CT molecular complexity index is 503. The van der Waals surface area contributed by atoms with Crippen molar-refractivity contribution in [2.45, 2.75) is 18.8 Å². The van der Waals surface area contributed by atoms with Gasteiger partial charge in [0.15, 0.2) is 5.58 Å². The minimum Gasteiger partial charge on any atom is -0.356 e. The van der Waals surface area contributed by atoms with Crippen molar-refractivity contribution in [2.24, 2.45) is 0 Å². The number of nitrogens with zero attached hydrogens (tertiary/aromatic N) is 1. The molecule has 1 aliphatic heterocycles. The third kappa shape index (κ3) is 1.74. The van der Waals surface area contributed by atoms with Crippen molar-refractivity contribution >= 4 is 25.5 Å². The van der Waals surface area contributed by atoms with Crippen LogP contribution in [0, 0.1) is 0 Å². The zero-order valence-electron chi connectivity index (χ0n) is 9.07. The summed E-state index contributed by atoms with van der Waals surface area (Å²) < 4.78 is 5.40. The van der Waals surface area contributed by atoms with Gasteiger partial charge in [0.1, 0.15) is 0 Å². The van der Waals surface area contributed by atoms with E-state index in [1.165, 1.54) is 5.39 Å². The van der Waals surface area contributed by atoms with Gasteiger partial charge in [-0.05, 0) is 43.4 Å². The molecule has 4 heteroatoms. The molecule has 0 bridgehead atoms. The highest BCUT2D eigenvalue weighted by molar-refractivity contribution is 7.27. The molecule has 1 aromatic carbocycles. The Labute approximate surface area is 96.8 Å². The smallest absolute Gasteiger partial charge is 0.167 e. The van der Waals surface area contributed by atoms with Crippen LogP contribution in [0.3, 0.4) is 0 Å². The van der Waals surface area contributed by atoms with Gasteiger partial charge in [-0.25, -0.2) is 0 Å². The maximum absolute atomic E-state index is 5.40. The first-order valence-electron chi connectivity index (χ1n) is 5.70. The molecular weight excluding hydrogens is 219 g/mol. The van der Waals surface area contributed by atoms with Crippen LogP contribution in [0.15, 0.2) is 22.7 Å². The molecule has 3 nitrogen and oxygen atoms in total. The van der Waals surface area contributed by atoms with E-state index in [1.54, 1.807) is 0 Å². The van der Waals surface area contributed by atoms with Crippen molar-refractivity contribution in [3.63, 3.8) is 0 Å². The lowest BCUT2D eigenvalue weighted by atomic mass is 9.93. The van der Waals surface area contributed by atoms with E-state index in [0.29, 0.717) is 5.92 Å². The SMILES string of the molecule is Pc1ccc2c(C3CCNCC3)noc2c1. The normalized spacial score (nSPS) is 18.1. The lowest BCUT2D eigenvalue weighted by Gasteiger charge is -2.20. The molecule has 1 saturated heterocycles. The lowest BCUT2D eigenvalue weighted by molar-refractivity contribution is 0.404. The van der Waals surface area contributed by atoms with Gasteiger partial charge in [0.05, 0.1) is 5.69 Å². The molecule has 0 aliphatic carbocycles. The van der Waals surface area contributed by atoms with Gasteiger partial charge in [0, 0.05) is 11.3 Å². The first kappa shape index (κ1) is 10.2. The van der Waals surface area contributed by atoms with E-state index in [2.05, 4.69) is 31.8 Å². The molecule has 1 N–H and O–H groups in total. The fraction of sp³-hybridized carbons (Fsp3) is 0.417. The number of benzene rings is 1. The predicted molar refractivity (Wildman–Crippen MR) is 68.2 cm³/mol. The Morgan fingerprint density at radius 1 is 1.31 bits per heavy atom. The van der Waals surface area contributed by atoms with Crippen molar-refractivity contribution in [1.29, 1.82) is 0 Å². The Morgan fingerprint density at radius 3 is 2.94 bits per heavy atom. The van der Waals surface area contributed by atoms with Crippen LogP contribution in [0.2, 0.25) is 0 Å². The number of hydrogen-bond acceptors (Lipinski definition) is 3. The first-order chi connectivity index (χ1) is 7.84. The number of aromatic nitrogens is 1. The van der Waals surface area contributed by atoms with Gasteiger partial charge in [0.2, 0.25) is 0 Å². The van der Waals surface area contributed by atoms with E-state index >= 15 is 0 Å². The minimum atomic E-state index is 0.554. The summed E-state index contributed by atoms with van der Waals surface area (Å²) in [6, 6.07) is 6.23. The van der Waals surface area contributed by atoms with Crippen molar-refractivity contribution in [3.05, 3.63) is 23.9 Å². The van der Waals surface area contributed by atoms with E-state index < -0.39 is 0 Å². The Balaban J connectivity index is 2.03. The van der Waals surface area contributed by atoms with Gasteiger partial charge >= 0.3 is 0 Å². The number of fused-ring (bicyclic) bond motifs is 1. The lowest BCUT2D eigenvalue weighted by Crippen LogP contribution is -2.26. The number of piperidine rings is 1. The summed E-state index contributed by atoms with van der Waals surface area (Å²) in [6.07, 6.45) is 2.31. The van der Waals surface area contributed by atoms with Crippen LogP contribution in [0.5, 0.6) is 0 Å². The summed E-state index contributed by atoms with van der Waals surface area (Å²) in [5.41, 5.74) is 2.04. The summed E-state index contributed by atoms with van der Waals surface area (Å²) >= 11 is 0. The van der Waals surface area contributed by atoms with Crippen molar-refractivity contribution in [3.8, 4) is 0 Å².